The fraction of sp³-hybridized carbons (Fsp3) is 0.143. The minimum atomic E-state index is 0.269. The summed E-state index contributed by atoms with van der Waals surface area (Å²) >= 11 is 1.15. The van der Waals surface area contributed by atoms with Gasteiger partial charge in [0.15, 0.2) is 0 Å². The number of nitrogens with zero attached hydrogens (tertiary/aromatic N) is 2. The quantitative estimate of drug-likeness (QED) is 0.579. The second-order valence-corrected chi connectivity index (χ2v) is 2.78. The van der Waals surface area contributed by atoms with Crippen molar-refractivity contribution in [3.8, 4) is 12.1 Å². The molecule has 0 unspecified atom stereocenters. The van der Waals surface area contributed by atoms with Gasteiger partial charge in [-0.15, -0.1) is 0 Å². The summed E-state index contributed by atoms with van der Waals surface area (Å²) in [4.78, 5) is 1.04. The molecule has 0 aliphatic carbocycles. The molecule has 0 amide bonds. The van der Waals surface area contributed by atoms with Gasteiger partial charge in [0.1, 0.15) is 6.07 Å². The maximum absolute atomic E-state index is 8.26. The molecule has 50 valence electrons. The number of hydrogen-bond donors (Lipinski definition) is 0. The number of nitriles is 2. The molecule has 0 bridgehead atoms. The zero-order chi connectivity index (χ0) is 7.98. The Bertz CT molecular complexity index is 229. The maximum atomic E-state index is 8.26. The molecule has 0 atom stereocenters. The Balaban J connectivity index is 3.74. The summed E-state index contributed by atoms with van der Waals surface area (Å²) in [6, 6.07) is 3.78. The van der Waals surface area contributed by atoms with Crippen molar-refractivity contribution in [1.82, 2.24) is 0 Å². The summed E-state index contributed by atoms with van der Waals surface area (Å²) in [6.07, 6.45) is 0.269. The van der Waals surface area contributed by atoms with Gasteiger partial charge in [0, 0.05) is 0 Å². The summed E-state index contributed by atoms with van der Waals surface area (Å²) in [6.45, 7) is 6.99. The first-order valence-corrected chi connectivity index (χ1v) is 3.34. The lowest BCUT2D eigenvalue weighted by atomic mass is 10.5. The lowest BCUT2D eigenvalue weighted by molar-refractivity contribution is 1.34. The van der Waals surface area contributed by atoms with Gasteiger partial charge in [-0.3, -0.25) is 0 Å². The van der Waals surface area contributed by atoms with E-state index in [0.29, 0.717) is 9.81 Å². The third-order valence-corrected chi connectivity index (χ3v) is 1.44. The molecule has 3 heteroatoms. The third kappa shape index (κ3) is 3.77. The molecular formula is C7H6N2S. The van der Waals surface area contributed by atoms with E-state index in [9.17, 15) is 0 Å². The molecule has 0 aromatic heterocycles. The van der Waals surface area contributed by atoms with Crippen LogP contribution in [0.15, 0.2) is 23.0 Å². The van der Waals surface area contributed by atoms with Gasteiger partial charge in [-0.2, -0.15) is 10.5 Å². The summed E-state index contributed by atoms with van der Waals surface area (Å²) in [7, 11) is 0. The van der Waals surface area contributed by atoms with E-state index in [-0.39, 0.29) is 6.42 Å². The minimum Gasteiger partial charge on any atom is -0.198 e. The van der Waals surface area contributed by atoms with Gasteiger partial charge in [0.25, 0.3) is 0 Å². The number of allylic oxidation sites excluding steroid dienone is 2. The predicted molar refractivity (Wildman–Crippen MR) is 41.7 cm³/mol. The van der Waals surface area contributed by atoms with Crippen LogP contribution in [0.5, 0.6) is 0 Å². The first-order valence-electron chi connectivity index (χ1n) is 2.52. The van der Waals surface area contributed by atoms with E-state index in [1.807, 2.05) is 12.1 Å². The molecule has 0 heterocycles. The van der Waals surface area contributed by atoms with Crippen molar-refractivity contribution in [3.05, 3.63) is 23.0 Å². The predicted octanol–water partition coefficient (Wildman–Crippen LogP) is 2.18. The van der Waals surface area contributed by atoms with Gasteiger partial charge >= 0.3 is 0 Å². The lowest BCUT2D eigenvalue weighted by Crippen LogP contribution is -1.71. The van der Waals surface area contributed by atoms with Crippen molar-refractivity contribution in [1.29, 1.82) is 10.5 Å². The van der Waals surface area contributed by atoms with Gasteiger partial charge < -0.3 is 0 Å². The Kier molecular flexibility index (Phi) is 4.11. The summed E-state index contributed by atoms with van der Waals surface area (Å²) in [5.41, 5.74) is 0. The van der Waals surface area contributed by atoms with Gasteiger partial charge in [-0.25, -0.2) is 0 Å². The zero-order valence-electron chi connectivity index (χ0n) is 5.42. The molecule has 0 fully saturated rings. The standard InChI is InChI=1S/C7H6N2S/c1-6(3-4-8)10-7(2)5-9/h1-3H2. The van der Waals surface area contributed by atoms with Crippen LogP contribution in [0.2, 0.25) is 0 Å². The van der Waals surface area contributed by atoms with Crippen molar-refractivity contribution in [2.75, 3.05) is 0 Å². The van der Waals surface area contributed by atoms with Crippen LogP contribution < -0.4 is 0 Å². The van der Waals surface area contributed by atoms with E-state index in [1.54, 1.807) is 0 Å². The number of thioether (sulfide) groups is 1. The largest absolute Gasteiger partial charge is 0.198 e. The fourth-order valence-electron chi connectivity index (χ4n) is 0.321. The Labute approximate surface area is 64.5 Å². The Morgan fingerprint density at radius 3 is 2.40 bits per heavy atom. The van der Waals surface area contributed by atoms with Crippen LogP contribution in [0.25, 0.3) is 0 Å². The number of hydrogen-bond acceptors (Lipinski definition) is 3. The van der Waals surface area contributed by atoms with Crippen molar-refractivity contribution in [3.63, 3.8) is 0 Å². The highest BCUT2D eigenvalue weighted by molar-refractivity contribution is 8.06. The maximum Gasteiger partial charge on any atom is 0.106 e. The third-order valence-electron chi connectivity index (χ3n) is 0.668. The molecule has 0 N–H and O–H groups in total. The second kappa shape index (κ2) is 4.67. The van der Waals surface area contributed by atoms with E-state index in [1.165, 1.54) is 0 Å². The van der Waals surface area contributed by atoms with Crippen molar-refractivity contribution in [2.24, 2.45) is 0 Å². The second-order valence-electron chi connectivity index (χ2n) is 1.51. The molecule has 0 radical (unpaired) electrons. The molecule has 0 saturated heterocycles. The van der Waals surface area contributed by atoms with Crippen molar-refractivity contribution in [2.45, 2.75) is 6.42 Å². The van der Waals surface area contributed by atoms with Gasteiger partial charge in [0.05, 0.1) is 17.4 Å². The van der Waals surface area contributed by atoms with Gasteiger partial charge in [0.2, 0.25) is 0 Å². The highest BCUT2D eigenvalue weighted by Gasteiger charge is 1.95. The summed E-state index contributed by atoms with van der Waals surface area (Å²) in [5, 5.41) is 16.4. The van der Waals surface area contributed by atoms with E-state index < -0.39 is 0 Å². The molecule has 2 nitrogen and oxygen atoms in total. The van der Waals surface area contributed by atoms with Crippen LogP contribution in [-0.2, 0) is 0 Å². The lowest BCUT2D eigenvalue weighted by Gasteiger charge is -1.94. The molecule has 0 aromatic rings. The Morgan fingerprint density at radius 1 is 1.40 bits per heavy atom. The smallest absolute Gasteiger partial charge is 0.106 e. The molecule has 0 aliphatic rings. The van der Waals surface area contributed by atoms with Crippen molar-refractivity contribution >= 4 is 11.8 Å². The van der Waals surface area contributed by atoms with Crippen LogP contribution in [0.4, 0.5) is 0 Å². The summed E-state index contributed by atoms with van der Waals surface area (Å²) in [5.74, 6) is 0. The molecular weight excluding hydrogens is 144 g/mol. The molecule has 0 saturated carbocycles. The molecule has 0 spiro atoms. The zero-order valence-corrected chi connectivity index (χ0v) is 6.24. The van der Waals surface area contributed by atoms with Crippen LogP contribution in [0, 0.1) is 22.7 Å². The highest BCUT2D eigenvalue weighted by Crippen LogP contribution is 2.23. The monoisotopic (exact) mass is 150 g/mol. The molecule has 0 rings (SSSR count). The van der Waals surface area contributed by atoms with Gasteiger partial charge in [-0.05, 0) is 4.91 Å². The van der Waals surface area contributed by atoms with Crippen LogP contribution in [0.1, 0.15) is 6.42 Å². The molecule has 10 heavy (non-hydrogen) atoms. The average molecular weight is 150 g/mol. The highest BCUT2D eigenvalue weighted by atomic mass is 32.2. The normalized spacial score (nSPS) is 7.40. The minimum absolute atomic E-state index is 0.269. The van der Waals surface area contributed by atoms with Gasteiger partial charge in [-0.1, -0.05) is 24.9 Å². The number of rotatable bonds is 3. The van der Waals surface area contributed by atoms with Crippen LogP contribution in [0.3, 0.4) is 0 Å². The Hall–Kier alpha value is -1.19. The van der Waals surface area contributed by atoms with Crippen LogP contribution >= 0.6 is 11.8 Å². The summed E-state index contributed by atoms with van der Waals surface area (Å²) < 4.78 is 0. The van der Waals surface area contributed by atoms with E-state index in [4.69, 9.17) is 10.5 Å². The fourth-order valence-corrected chi connectivity index (χ4v) is 0.852. The van der Waals surface area contributed by atoms with E-state index >= 15 is 0 Å². The molecule has 0 aromatic carbocycles. The first-order chi connectivity index (χ1) is 4.70. The topological polar surface area (TPSA) is 47.6 Å². The Morgan fingerprint density at radius 2 is 2.00 bits per heavy atom. The van der Waals surface area contributed by atoms with E-state index in [2.05, 4.69) is 13.2 Å². The first kappa shape index (κ1) is 8.81. The van der Waals surface area contributed by atoms with Crippen LogP contribution in [-0.4, -0.2) is 0 Å². The van der Waals surface area contributed by atoms with E-state index in [0.717, 1.165) is 11.8 Å². The SMILES string of the molecule is C=C(C#N)SC(=C)CC#N. The average Bonchev–Trinajstić information content (AvgIpc) is 1.88. The van der Waals surface area contributed by atoms with Crippen molar-refractivity contribution < 1.29 is 0 Å². The molecule has 0 aliphatic heterocycles.